The maximum absolute atomic E-state index is 12.1. The SMILES string of the molecule is CCNC(=NCc1ccc(C)cc1SC)NCCNC(=O)c1ccc(O)cc1. The predicted molar refractivity (Wildman–Crippen MR) is 116 cm³/mol. The molecule has 2 aromatic carbocycles. The van der Waals surface area contributed by atoms with E-state index in [1.54, 1.807) is 23.9 Å². The molecule has 0 bridgehead atoms. The summed E-state index contributed by atoms with van der Waals surface area (Å²) in [5.41, 5.74) is 2.95. The molecule has 0 aromatic heterocycles. The molecule has 2 rings (SSSR count). The number of aliphatic imine (C=N–C) groups is 1. The first-order valence-corrected chi connectivity index (χ1v) is 10.5. The molecular weight excluding hydrogens is 372 g/mol. The van der Waals surface area contributed by atoms with Crippen molar-refractivity contribution in [3.63, 3.8) is 0 Å². The number of aromatic hydroxyl groups is 1. The molecule has 28 heavy (non-hydrogen) atoms. The van der Waals surface area contributed by atoms with Crippen LogP contribution in [0.1, 0.15) is 28.4 Å². The van der Waals surface area contributed by atoms with Gasteiger partial charge in [-0.15, -0.1) is 11.8 Å². The minimum absolute atomic E-state index is 0.142. The van der Waals surface area contributed by atoms with Crippen molar-refractivity contribution in [3.05, 3.63) is 59.2 Å². The number of rotatable bonds is 8. The Hall–Kier alpha value is -2.67. The van der Waals surface area contributed by atoms with Gasteiger partial charge >= 0.3 is 0 Å². The van der Waals surface area contributed by atoms with Crippen molar-refractivity contribution in [1.29, 1.82) is 0 Å². The third kappa shape index (κ3) is 6.81. The minimum atomic E-state index is -0.173. The van der Waals surface area contributed by atoms with Gasteiger partial charge in [-0.1, -0.05) is 12.1 Å². The van der Waals surface area contributed by atoms with E-state index in [0.29, 0.717) is 31.2 Å². The number of guanidine groups is 1. The zero-order valence-electron chi connectivity index (χ0n) is 16.6. The largest absolute Gasteiger partial charge is 0.508 e. The Labute approximate surface area is 170 Å². The van der Waals surface area contributed by atoms with Crippen LogP contribution >= 0.6 is 11.8 Å². The van der Waals surface area contributed by atoms with Crippen LogP contribution in [0.3, 0.4) is 0 Å². The maximum Gasteiger partial charge on any atom is 0.251 e. The summed E-state index contributed by atoms with van der Waals surface area (Å²) < 4.78 is 0. The van der Waals surface area contributed by atoms with E-state index in [0.717, 1.165) is 6.54 Å². The van der Waals surface area contributed by atoms with Gasteiger partial charge in [0.15, 0.2) is 5.96 Å². The summed E-state index contributed by atoms with van der Waals surface area (Å²) in [4.78, 5) is 18.0. The lowest BCUT2D eigenvalue weighted by molar-refractivity contribution is 0.0954. The molecule has 2 aromatic rings. The van der Waals surface area contributed by atoms with Crippen molar-refractivity contribution in [1.82, 2.24) is 16.0 Å². The van der Waals surface area contributed by atoms with E-state index in [1.807, 2.05) is 6.92 Å². The average Bonchev–Trinajstić information content (AvgIpc) is 2.70. The molecule has 0 spiro atoms. The summed E-state index contributed by atoms with van der Waals surface area (Å²) in [6.45, 7) is 6.47. The summed E-state index contributed by atoms with van der Waals surface area (Å²) in [7, 11) is 0. The third-order valence-electron chi connectivity index (χ3n) is 4.03. The monoisotopic (exact) mass is 400 g/mol. The summed E-state index contributed by atoms with van der Waals surface area (Å²) in [5.74, 6) is 0.685. The number of hydrogen-bond acceptors (Lipinski definition) is 4. The number of aryl methyl sites for hydroxylation is 1. The smallest absolute Gasteiger partial charge is 0.251 e. The van der Waals surface area contributed by atoms with Crippen molar-refractivity contribution in [2.24, 2.45) is 4.99 Å². The summed E-state index contributed by atoms with van der Waals surface area (Å²) in [6, 6.07) is 12.6. The second-order valence-corrected chi connectivity index (χ2v) is 7.09. The van der Waals surface area contributed by atoms with Crippen LogP contribution in [0.2, 0.25) is 0 Å². The average molecular weight is 401 g/mol. The second-order valence-electron chi connectivity index (χ2n) is 6.24. The highest BCUT2D eigenvalue weighted by Gasteiger charge is 2.05. The number of nitrogens with zero attached hydrogens (tertiary/aromatic N) is 1. The standard InChI is InChI=1S/C21H28N4O2S/c1-4-22-21(25-14-17-6-5-15(2)13-19(17)28-3)24-12-11-23-20(27)16-7-9-18(26)10-8-16/h5-10,13,26H,4,11-12,14H2,1-3H3,(H,23,27)(H2,22,24,25). The van der Waals surface area contributed by atoms with Crippen molar-refractivity contribution in [2.45, 2.75) is 25.3 Å². The maximum atomic E-state index is 12.1. The molecule has 0 aliphatic rings. The first-order valence-electron chi connectivity index (χ1n) is 9.26. The molecule has 7 heteroatoms. The Balaban J connectivity index is 1.86. The molecule has 1 amide bonds. The fourth-order valence-corrected chi connectivity index (χ4v) is 3.26. The van der Waals surface area contributed by atoms with Gasteiger partial charge in [0.05, 0.1) is 6.54 Å². The minimum Gasteiger partial charge on any atom is -0.508 e. The lowest BCUT2D eigenvalue weighted by atomic mass is 10.1. The molecule has 0 aliphatic carbocycles. The molecule has 0 aliphatic heterocycles. The van der Waals surface area contributed by atoms with E-state index in [9.17, 15) is 9.90 Å². The molecule has 150 valence electrons. The van der Waals surface area contributed by atoms with Crippen molar-refractivity contribution < 1.29 is 9.90 Å². The Morgan fingerprint density at radius 3 is 2.46 bits per heavy atom. The highest BCUT2D eigenvalue weighted by atomic mass is 32.2. The van der Waals surface area contributed by atoms with E-state index < -0.39 is 0 Å². The van der Waals surface area contributed by atoms with E-state index in [2.05, 4.69) is 52.3 Å². The van der Waals surface area contributed by atoms with Gasteiger partial charge in [0, 0.05) is 30.1 Å². The molecule has 0 radical (unpaired) electrons. The Kier molecular flexibility index (Phi) is 8.68. The van der Waals surface area contributed by atoms with Gasteiger partial charge in [-0.25, -0.2) is 4.99 Å². The second kappa shape index (κ2) is 11.2. The van der Waals surface area contributed by atoms with E-state index >= 15 is 0 Å². The Morgan fingerprint density at radius 1 is 1.07 bits per heavy atom. The highest BCUT2D eigenvalue weighted by molar-refractivity contribution is 7.98. The number of hydrogen-bond donors (Lipinski definition) is 4. The summed E-state index contributed by atoms with van der Waals surface area (Å²) in [6.07, 6.45) is 2.07. The van der Waals surface area contributed by atoms with Gasteiger partial charge in [0.2, 0.25) is 0 Å². The fourth-order valence-electron chi connectivity index (χ4n) is 2.56. The summed E-state index contributed by atoms with van der Waals surface area (Å²) in [5, 5.41) is 18.6. The van der Waals surface area contributed by atoms with Gasteiger partial charge < -0.3 is 21.1 Å². The first kappa shape index (κ1) is 21.6. The van der Waals surface area contributed by atoms with Crippen LogP contribution in [0, 0.1) is 6.92 Å². The molecule has 4 N–H and O–H groups in total. The van der Waals surface area contributed by atoms with Crippen LogP contribution in [0.25, 0.3) is 0 Å². The lowest BCUT2D eigenvalue weighted by Gasteiger charge is -2.13. The van der Waals surface area contributed by atoms with Crippen molar-refractivity contribution >= 4 is 23.6 Å². The van der Waals surface area contributed by atoms with Crippen LogP contribution in [-0.4, -0.2) is 42.9 Å². The van der Waals surface area contributed by atoms with Gasteiger partial charge in [0.1, 0.15) is 5.75 Å². The predicted octanol–water partition coefficient (Wildman–Crippen LogP) is 2.91. The molecule has 0 saturated heterocycles. The third-order valence-corrected chi connectivity index (χ3v) is 4.85. The Morgan fingerprint density at radius 2 is 1.79 bits per heavy atom. The fraction of sp³-hybridized carbons (Fsp3) is 0.333. The number of nitrogens with one attached hydrogen (secondary N) is 3. The van der Waals surface area contributed by atoms with Crippen LogP contribution in [0.5, 0.6) is 5.75 Å². The molecule has 0 atom stereocenters. The van der Waals surface area contributed by atoms with E-state index in [4.69, 9.17) is 0 Å². The first-order chi connectivity index (χ1) is 13.5. The van der Waals surface area contributed by atoms with Crippen LogP contribution in [-0.2, 0) is 6.54 Å². The Bertz CT molecular complexity index is 807. The summed E-state index contributed by atoms with van der Waals surface area (Å²) >= 11 is 1.72. The van der Waals surface area contributed by atoms with Crippen LogP contribution in [0.4, 0.5) is 0 Å². The normalized spacial score (nSPS) is 11.2. The zero-order valence-corrected chi connectivity index (χ0v) is 17.4. The van der Waals surface area contributed by atoms with Gasteiger partial charge in [-0.05, 0) is 61.6 Å². The number of phenolic OH excluding ortho intramolecular Hbond substituents is 1. The number of carbonyl (C=O) groups excluding carboxylic acids is 1. The lowest BCUT2D eigenvalue weighted by Crippen LogP contribution is -2.41. The quantitative estimate of drug-likeness (QED) is 0.237. The number of benzene rings is 2. The number of phenols is 1. The number of thioether (sulfide) groups is 1. The van der Waals surface area contributed by atoms with Gasteiger partial charge in [-0.3, -0.25) is 4.79 Å². The van der Waals surface area contributed by atoms with Crippen molar-refractivity contribution in [2.75, 3.05) is 25.9 Å². The molecular formula is C21H28N4O2S. The highest BCUT2D eigenvalue weighted by Crippen LogP contribution is 2.22. The molecule has 0 unspecified atom stereocenters. The van der Waals surface area contributed by atoms with E-state index in [-0.39, 0.29) is 11.7 Å². The van der Waals surface area contributed by atoms with Crippen LogP contribution in [0.15, 0.2) is 52.4 Å². The van der Waals surface area contributed by atoms with Gasteiger partial charge in [0.25, 0.3) is 5.91 Å². The molecule has 0 saturated carbocycles. The number of carbonyl (C=O) groups is 1. The molecule has 6 nitrogen and oxygen atoms in total. The topological polar surface area (TPSA) is 85.8 Å². The van der Waals surface area contributed by atoms with Crippen LogP contribution < -0.4 is 16.0 Å². The molecule has 0 fully saturated rings. The number of amides is 1. The zero-order chi connectivity index (χ0) is 20.4. The van der Waals surface area contributed by atoms with Crippen molar-refractivity contribution in [3.8, 4) is 5.75 Å². The van der Waals surface area contributed by atoms with Gasteiger partial charge in [-0.2, -0.15) is 0 Å². The van der Waals surface area contributed by atoms with E-state index in [1.165, 1.54) is 28.2 Å². The molecule has 0 heterocycles.